The maximum Gasteiger partial charge on any atom is 0.304 e. The second kappa shape index (κ2) is 6.85. The van der Waals surface area contributed by atoms with Gasteiger partial charge in [0.2, 0.25) is 0 Å². The highest BCUT2D eigenvalue weighted by molar-refractivity contribution is 9.10. The monoisotopic (exact) mass is 389 g/mol. The van der Waals surface area contributed by atoms with Gasteiger partial charge in [0.25, 0.3) is 0 Å². The van der Waals surface area contributed by atoms with Crippen molar-refractivity contribution in [2.45, 2.75) is 32.7 Å². The van der Waals surface area contributed by atoms with Crippen LogP contribution in [0.1, 0.15) is 34.6 Å². The molecular formula is C19H20BrNO3. The number of anilines is 1. The fourth-order valence-electron chi connectivity index (χ4n) is 3.02. The number of rotatable bonds is 5. The molecule has 1 atom stereocenters. The van der Waals surface area contributed by atoms with Crippen LogP contribution in [0.25, 0.3) is 0 Å². The third-order valence-electron chi connectivity index (χ3n) is 4.49. The number of ether oxygens (including phenoxy) is 1. The Bertz CT molecular complexity index is 788. The van der Waals surface area contributed by atoms with Gasteiger partial charge in [-0.15, -0.1) is 0 Å². The maximum atomic E-state index is 10.9. The minimum Gasteiger partial charge on any atom is -0.493 e. The molecule has 4 nitrogen and oxygen atoms in total. The summed E-state index contributed by atoms with van der Waals surface area (Å²) in [7, 11) is 0. The molecule has 1 aliphatic heterocycles. The molecule has 2 N–H and O–H groups in total. The van der Waals surface area contributed by atoms with Crippen LogP contribution in [-0.2, 0) is 11.3 Å². The summed E-state index contributed by atoms with van der Waals surface area (Å²) in [6.45, 7) is 5.35. The first-order valence-electron chi connectivity index (χ1n) is 7.92. The number of aliphatic carboxylic acids is 1. The molecule has 1 aliphatic rings. The molecule has 0 amide bonds. The van der Waals surface area contributed by atoms with E-state index in [2.05, 4.69) is 47.2 Å². The first-order valence-corrected chi connectivity index (χ1v) is 8.72. The summed E-state index contributed by atoms with van der Waals surface area (Å²) in [5.74, 6) is -0.0611. The van der Waals surface area contributed by atoms with E-state index in [-0.39, 0.29) is 12.3 Å². The number of fused-ring (bicyclic) bond motifs is 1. The normalized spacial score (nSPS) is 15.7. The van der Waals surface area contributed by atoms with Crippen LogP contribution in [0.5, 0.6) is 5.75 Å². The van der Waals surface area contributed by atoms with Crippen LogP contribution >= 0.6 is 15.9 Å². The van der Waals surface area contributed by atoms with E-state index in [0.29, 0.717) is 6.61 Å². The summed E-state index contributed by atoms with van der Waals surface area (Å²) < 4.78 is 6.80. The molecule has 0 saturated carbocycles. The smallest absolute Gasteiger partial charge is 0.304 e. The molecule has 0 bridgehead atoms. The van der Waals surface area contributed by atoms with Crippen molar-refractivity contribution in [2.24, 2.45) is 0 Å². The molecule has 126 valence electrons. The van der Waals surface area contributed by atoms with Gasteiger partial charge in [0.15, 0.2) is 0 Å². The van der Waals surface area contributed by atoms with Crippen LogP contribution in [0.15, 0.2) is 34.8 Å². The van der Waals surface area contributed by atoms with Gasteiger partial charge in [0.1, 0.15) is 5.75 Å². The number of aryl methyl sites for hydroxylation is 1. The highest BCUT2D eigenvalue weighted by Gasteiger charge is 2.26. The fraction of sp³-hybridized carbons (Fsp3) is 0.316. The van der Waals surface area contributed by atoms with Crippen LogP contribution in [0.4, 0.5) is 5.69 Å². The van der Waals surface area contributed by atoms with Crippen molar-refractivity contribution in [1.82, 2.24) is 0 Å². The summed E-state index contributed by atoms with van der Waals surface area (Å²) in [6.07, 6.45) is 0.108. The third kappa shape index (κ3) is 3.41. The Labute approximate surface area is 150 Å². The van der Waals surface area contributed by atoms with Gasteiger partial charge < -0.3 is 15.2 Å². The zero-order valence-corrected chi connectivity index (χ0v) is 15.3. The molecule has 5 heteroatoms. The Hall–Kier alpha value is -2.01. The predicted octanol–water partition coefficient (Wildman–Crippen LogP) is 4.63. The zero-order chi connectivity index (χ0) is 17.3. The molecule has 2 aromatic rings. The Kier molecular flexibility index (Phi) is 4.81. The Balaban J connectivity index is 1.72. The van der Waals surface area contributed by atoms with Crippen LogP contribution in [0.2, 0.25) is 0 Å². The van der Waals surface area contributed by atoms with Gasteiger partial charge in [0, 0.05) is 34.3 Å². The lowest BCUT2D eigenvalue weighted by Crippen LogP contribution is -2.07. The second-order valence-corrected chi connectivity index (χ2v) is 6.99. The molecule has 2 aromatic carbocycles. The van der Waals surface area contributed by atoms with Crippen molar-refractivity contribution in [3.63, 3.8) is 0 Å². The summed E-state index contributed by atoms with van der Waals surface area (Å²) in [5, 5.41) is 12.4. The first kappa shape index (κ1) is 16.8. The molecule has 0 radical (unpaired) electrons. The Morgan fingerprint density at radius 1 is 1.33 bits per heavy atom. The second-order valence-electron chi connectivity index (χ2n) is 6.19. The summed E-state index contributed by atoms with van der Waals surface area (Å²) in [6, 6.07) is 10.2. The molecule has 0 aromatic heterocycles. The predicted molar refractivity (Wildman–Crippen MR) is 97.9 cm³/mol. The zero-order valence-electron chi connectivity index (χ0n) is 13.7. The highest BCUT2D eigenvalue weighted by atomic mass is 79.9. The van der Waals surface area contributed by atoms with Gasteiger partial charge in [-0.1, -0.05) is 34.1 Å². The van der Waals surface area contributed by atoms with Crippen LogP contribution in [-0.4, -0.2) is 17.7 Å². The third-order valence-corrected chi connectivity index (χ3v) is 5.71. The van der Waals surface area contributed by atoms with Crippen molar-refractivity contribution in [3.8, 4) is 5.75 Å². The minimum absolute atomic E-state index is 0.0538. The maximum absolute atomic E-state index is 10.9. The lowest BCUT2D eigenvalue weighted by molar-refractivity contribution is -0.137. The largest absolute Gasteiger partial charge is 0.493 e. The number of carboxylic acid groups (broad SMARTS) is 1. The number of halogens is 1. The van der Waals surface area contributed by atoms with E-state index >= 15 is 0 Å². The van der Waals surface area contributed by atoms with E-state index in [9.17, 15) is 4.79 Å². The molecule has 0 aliphatic carbocycles. The molecule has 1 heterocycles. The van der Waals surface area contributed by atoms with E-state index in [1.807, 2.05) is 18.2 Å². The van der Waals surface area contributed by atoms with Crippen molar-refractivity contribution < 1.29 is 14.6 Å². The fourth-order valence-corrected chi connectivity index (χ4v) is 3.40. The van der Waals surface area contributed by atoms with E-state index < -0.39 is 5.97 Å². The van der Waals surface area contributed by atoms with E-state index in [1.165, 1.54) is 16.7 Å². The Morgan fingerprint density at radius 3 is 2.88 bits per heavy atom. The van der Waals surface area contributed by atoms with Crippen molar-refractivity contribution in [3.05, 3.63) is 57.1 Å². The SMILES string of the molecule is Cc1ccc(CNc2ccc3c(c2)OC[C@H]3CC(=O)O)c(C)c1Br. The minimum atomic E-state index is -0.793. The van der Waals surface area contributed by atoms with Crippen molar-refractivity contribution in [2.75, 3.05) is 11.9 Å². The van der Waals surface area contributed by atoms with Crippen molar-refractivity contribution >= 4 is 27.6 Å². The first-order chi connectivity index (χ1) is 11.5. The number of nitrogens with one attached hydrogen (secondary N) is 1. The molecule has 0 unspecified atom stereocenters. The lowest BCUT2D eigenvalue weighted by atomic mass is 9.98. The van der Waals surface area contributed by atoms with E-state index in [1.54, 1.807) is 0 Å². The van der Waals surface area contributed by atoms with Gasteiger partial charge in [-0.05, 0) is 36.6 Å². The molecule has 3 rings (SSSR count). The summed E-state index contributed by atoms with van der Waals surface area (Å²) >= 11 is 3.63. The van der Waals surface area contributed by atoms with E-state index in [4.69, 9.17) is 9.84 Å². The number of carboxylic acids is 1. The molecule has 0 fully saturated rings. The Morgan fingerprint density at radius 2 is 2.12 bits per heavy atom. The topological polar surface area (TPSA) is 58.6 Å². The average Bonchev–Trinajstić information content (AvgIpc) is 2.93. The summed E-state index contributed by atoms with van der Waals surface area (Å²) in [5.41, 5.74) is 5.66. The number of hydrogen-bond donors (Lipinski definition) is 2. The van der Waals surface area contributed by atoms with Crippen LogP contribution in [0, 0.1) is 13.8 Å². The van der Waals surface area contributed by atoms with Gasteiger partial charge in [-0.2, -0.15) is 0 Å². The number of hydrogen-bond acceptors (Lipinski definition) is 3. The lowest BCUT2D eigenvalue weighted by Gasteiger charge is -2.13. The van der Waals surface area contributed by atoms with Crippen molar-refractivity contribution in [1.29, 1.82) is 0 Å². The molecule has 24 heavy (non-hydrogen) atoms. The van der Waals surface area contributed by atoms with Crippen LogP contribution < -0.4 is 10.1 Å². The van der Waals surface area contributed by atoms with Gasteiger partial charge in [-0.3, -0.25) is 4.79 Å². The van der Waals surface area contributed by atoms with Gasteiger partial charge in [0.05, 0.1) is 13.0 Å². The average molecular weight is 390 g/mol. The number of benzene rings is 2. The van der Waals surface area contributed by atoms with Crippen LogP contribution in [0.3, 0.4) is 0 Å². The summed E-state index contributed by atoms with van der Waals surface area (Å²) in [4.78, 5) is 10.9. The quantitative estimate of drug-likeness (QED) is 0.782. The van der Waals surface area contributed by atoms with Gasteiger partial charge >= 0.3 is 5.97 Å². The molecular weight excluding hydrogens is 370 g/mol. The number of carbonyl (C=O) groups is 1. The van der Waals surface area contributed by atoms with Gasteiger partial charge in [-0.25, -0.2) is 0 Å². The van der Waals surface area contributed by atoms with E-state index in [0.717, 1.165) is 28.0 Å². The molecule has 0 spiro atoms. The standard InChI is InChI=1S/C19H20BrNO3/c1-11-3-4-13(12(2)19(11)20)9-21-15-5-6-16-14(7-18(22)23)10-24-17(16)8-15/h3-6,8,14,21H,7,9-10H2,1-2H3,(H,22,23)/t14-/m1/s1. The molecule has 0 saturated heterocycles. The highest BCUT2D eigenvalue weighted by Crippen LogP contribution is 2.37.